The molecule has 0 saturated heterocycles. The van der Waals surface area contributed by atoms with Crippen LogP contribution in [-0.4, -0.2) is 96.4 Å². The summed E-state index contributed by atoms with van der Waals surface area (Å²) >= 11 is 0. The molecule has 2 aromatic carbocycles. The lowest BCUT2D eigenvalue weighted by atomic mass is 9.42. The van der Waals surface area contributed by atoms with Gasteiger partial charge < -0.3 is 31.9 Å². The van der Waals surface area contributed by atoms with Crippen molar-refractivity contribution in [1.82, 2.24) is 9.80 Å². The van der Waals surface area contributed by atoms with Crippen molar-refractivity contribution in [1.29, 1.82) is 5.26 Å². The largest absolute Gasteiger partial charge is 0.507 e. The molecule has 2 aromatic rings. The lowest BCUT2D eigenvalue weighted by Gasteiger charge is -2.60. The van der Waals surface area contributed by atoms with Crippen LogP contribution in [0.5, 0.6) is 11.5 Å². The zero-order valence-corrected chi connectivity index (χ0v) is 25.7. The van der Waals surface area contributed by atoms with Crippen molar-refractivity contribution in [2.45, 2.75) is 36.5 Å². The number of carbonyl (C=O) groups is 5. The fourth-order valence-electron chi connectivity index (χ4n) is 7.89. The van der Waals surface area contributed by atoms with Crippen molar-refractivity contribution in [3.05, 3.63) is 47.0 Å². The van der Waals surface area contributed by atoms with Gasteiger partial charge in [-0.15, -0.1) is 0 Å². The van der Waals surface area contributed by atoms with Crippen molar-refractivity contribution in [2.75, 3.05) is 35.3 Å². The van der Waals surface area contributed by atoms with Crippen molar-refractivity contribution in [2.24, 2.45) is 34.5 Å². The topological polar surface area (TPSA) is 223 Å². The molecule has 236 valence electrons. The Bertz CT molecular complexity index is 1730. The Morgan fingerprint density at radius 1 is 1.07 bits per heavy atom. The highest BCUT2D eigenvalue weighted by Gasteiger charge is 2.78. The number of nitriles is 1. The number of hydrogen-bond donors (Lipinski definition) is 4. The van der Waals surface area contributed by atoms with Gasteiger partial charge in [-0.25, -0.2) is 0 Å². The second-order valence-electron chi connectivity index (χ2n) is 12.9. The first-order valence-corrected chi connectivity index (χ1v) is 14.3. The predicted octanol–water partition coefficient (Wildman–Crippen LogP) is -0.454. The van der Waals surface area contributed by atoms with Crippen LogP contribution in [0, 0.1) is 28.6 Å². The lowest BCUT2D eigenvalue weighted by molar-refractivity contribution is -0.166. The highest BCUT2D eigenvalue weighted by Crippen LogP contribution is 2.57. The predicted molar refractivity (Wildman–Crippen MR) is 161 cm³/mol. The van der Waals surface area contributed by atoms with Gasteiger partial charge in [-0.3, -0.25) is 28.9 Å². The standard InChI is InChI=1S/C32H36N6O7/c1-37(2)12-15-6-9-20(45-5)17(10-15)16-7-8-19(39)21-18(16)11-30(35)13-32(36)26(38(3)4)25(41)22(29(34)44)27(42)31(32,14-33)28(43)23(30)24(21)40/h6-10,22-23,26,39H,11-13,35-36H2,1-5H3,(H2,34,44)/t22?,23?,26-,30-,31+,32-/m1/s1. The number of likely N-dealkylation sites (N-methyl/N-ethyl adjacent to an activating group) is 1. The summed E-state index contributed by atoms with van der Waals surface area (Å²) in [5, 5.41) is 21.5. The third-order valence-electron chi connectivity index (χ3n) is 9.53. The average Bonchev–Trinajstić information content (AvgIpc) is 2.91. The highest BCUT2D eigenvalue weighted by atomic mass is 16.5. The van der Waals surface area contributed by atoms with E-state index in [1.165, 1.54) is 32.2 Å². The highest BCUT2D eigenvalue weighted by molar-refractivity contribution is 6.33. The number of Topliss-reactive ketones (excluding diaryl/α,β-unsaturated/α-hetero) is 4. The Morgan fingerprint density at radius 2 is 1.73 bits per heavy atom. The van der Waals surface area contributed by atoms with Gasteiger partial charge in [0.1, 0.15) is 17.4 Å². The van der Waals surface area contributed by atoms with E-state index < -0.39 is 75.6 Å². The number of ketones is 4. The van der Waals surface area contributed by atoms with Crippen LogP contribution in [0.15, 0.2) is 30.3 Å². The van der Waals surface area contributed by atoms with Crippen molar-refractivity contribution < 1.29 is 33.8 Å². The first-order valence-electron chi connectivity index (χ1n) is 14.3. The molecular weight excluding hydrogens is 580 g/mol. The summed E-state index contributed by atoms with van der Waals surface area (Å²) in [4.78, 5) is 72.1. The number of fused-ring (bicyclic) bond motifs is 3. The molecule has 3 aliphatic rings. The fraction of sp³-hybridized carbons (Fsp3) is 0.438. The first kappa shape index (κ1) is 31.9. The van der Waals surface area contributed by atoms with E-state index in [0.29, 0.717) is 29.0 Å². The minimum Gasteiger partial charge on any atom is -0.507 e. The summed E-state index contributed by atoms with van der Waals surface area (Å²) in [5.41, 5.74) is 14.7. The molecule has 45 heavy (non-hydrogen) atoms. The number of primary amides is 1. The molecule has 0 bridgehead atoms. The van der Waals surface area contributed by atoms with Crippen LogP contribution in [-0.2, 0) is 32.1 Å². The Hall–Kier alpha value is -4.48. The van der Waals surface area contributed by atoms with E-state index >= 15 is 0 Å². The summed E-state index contributed by atoms with van der Waals surface area (Å²) < 4.78 is 5.64. The number of hydrogen-bond acceptors (Lipinski definition) is 12. The number of amides is 1. The van der Waals surface area contributed by atoms with E-state index in [2.05, 4.69) is 0 Å². The second kappa shape index (κ2) is 10.6. The number of nitrogens with two attached hydrogens (primary N) is 3. The van der Waals surface area contributed by atoms with E-state index in [0.717, 1.165) is 5.56 Å². The molecular formula is C32H36N6O7. The van der Waals surface area contributed by atoms with Crippen LogP contribution in [0.1, 0.15) is 27.9 Å². The van der Waals surface area contributed by atoms with Crippen molar-refractivity contribution >= 4 is 29.0 Å². The molecule has 2 unspecified atom stereocenters. The minimum atomic E-state index is -2.80. The average molecular weight is 617 g/mol. The number of benzene rings is 2. The normalized spacial score (nSPS) is 30.9. The molecule has 0 aromatic heterocycles. The van der Waals surface area contributed by atoms with E-state index in [9.17, 15) is 34.3 Å². The Morgan fingerprint density at radius 3 is 2.29 bits per heavy atom. The lowest BCUT2D eigenvalue weighted by Crippen LogP contribution is -2.85. The zero-order chi connectivity index (χ0) is 33.4. The van der Waals surface area contributed by atoms with Crippen molar-refractivity contribution in [3.63, 3.8) is 0 Å². The molecule has 13 heteroatoms. The van der Waals surface area contributed by atoms with Crippen LogP contribution in [0.4, 0.5) is 0 Å². The number of nitrogens with zero attached hydrogens (tertiary/aromatic N) is 3. The molecule has 0 spiro atoms. The second-order valence-corrected chi connectivity index (χ2v) is 12.9. The molecule has 7 N–H and O–H groups in total. The van der Waals surface area contributed by atoms with E-state index in [4.69, 9.17) is 21.9 Å². The van der Waals surface area contributed by atoms with Crippen LogP contribution in [0.3, 0.4) is 0 Å². The SMILES string of the molecule is COc1ccc(CN(C)C)cc1-c1ccc(O)c2c1C[C@@]1(N)C[C@@]3(N)[C@H](N(C)C)C(=O)C(C(N)=O)C(=O)[C@@]3(C#N)C(=O)C1C2=O. The quantitative estimate of drug-likeness (QED) is 0.303. The summed E-state index contributed by atoms with van der Waals surface area (Å²) in [6.45, 7) is 0.597. The Balaban J connectivity index is 1.77. The summed E-state index contributed by atoms with van der Waals surface area (Å²) in [6.07, 6.45) is -0.675. The van der Waals surface area contributed by atoms with E-state index in [1.807, 2.05) is 31.1 Å². The first-order chi connectivity index (χ1) is 21.0. The molecule has 0 aliphatic heterocycles. The van der Waals surface area contributed by atoms with Gasteiger partial charge in [0.2, 0.25) is 5.91 Å². The number of methoxy groups -OCH3 is 1. The maximum atomic E-state index is 14.5. The molecule has 6 atom stereocenters. The third-order valence-corrected chi connectivity index (χ3v) is 9.53. The van der Waals surface area contributed by atoms with Gasteiger partial charge in [0, 0.05) is 17.6 Å². The molecule has 0 heterocycles. The number of phenols is 1. The molecule has 2 saturated carbocycles. The maximum Gasteiger partial charge on any atom is 0.235 e. The van der Waals surface area contributed by atoms with Crippen LogP contribution in [0.2, 0.25) is 0 Å². The van der Waals surface area contributed by atoms with E-state index in [1.54, 1.807) is 18.2 Å². The monoisotopic (exact) mass is 616 g/mol. The minimum absolute atomic E-state index is 0.181. The van der Waals surface area contributed by atoms with Gasteiger partial charge in [0.05, 0.1) is 30.3 Å². The van der Waals surface area contributed by atoms with E-state index in [-0.39, 0.29) is 12.0 Å². The van der Waals surface area contributed by atoms with Crippen LogP contribution < -0.4 is 21.9 Å². The number of ether oxygens (including phenoxy) is 1. The summed E-state index contributed by atoms with van der Waals surface area (Å²) in [5.74, 6) is -9.63. The number of carbonyl (C=O) groups excluding carboxylic acids is 5. The molecule has 1 amide bonds. The van der Waals surface area contributed by atoms with Crippen molar-refractivity contribution in [3.8, 4) is 28.7 Å². The summed E-state index contributed by atoms with van der Waals surface area (Å²) in [6, 6.07) is 8.76. The number of aromatic hydroxyl groups is 1. The molecule has 5 rings (SSSR count). The Kier molecular flexibility index (Phi) is 7.49. The van der Waals surface area contributed by atoms with Gasteiger partial charge >= 0.3 is 0 Å². The zero-order valence-electron chi connectivity index (χ0n) is 25.7. The van der Waals surface area contributed by atoms with Gasteiger partial charge in [-0.1, -0.05) is 12.1 Å². The number of phenolic OH excluding ortho intramolecular Hbond substituents is 1. The van der Waals surface area contributed by atoms with Gasteiger partial charge in [0.15, 0.2) is 34.5 Å². The maximum absolute atomic E-state index is 14.5. The molecule has 3 aliphatic carbocycles. The third kappa shape index (κ3) is 4.24. The van der Waals surface area contributed by atoms with Gasteiger partial charge in [0.25, 0.3) is 0 Å². The smallest absolute Gasteiger partial charge is 0.235 e. The summed E-state index contributed by atoms with van der Waals surface area (Å²) in [7, 11) is 8.25. The molecule has 0 radical (unpaired) electrons. The molecule has 13 nitrogen and oxygen atoms in total. The number of rotatable bonds is 6. The fourth-order valence-corrected chi connectivity index (χ4v) is 7.89. The van der Waals surface area contributed by atoms with Crippen LogP contribution >= 0.6 is 0 Å². The molecule has 2 fully saturated rings. The van der Waals surface area contributed by atoms with Crippen LogP contribution in [0.25, 0.3) is 11.1 Å². The van der Waals surface area contributed by atoms with Gasteiger partial charge in [-0.2, -0.15) is 5.26 Å². The van der Waals surface area contributed by atoms with Gasteiger partial charge in [-0.05, 0) is 75.9 Å². The Labute approximate surface area is 259 Å².